The van der Waals surface area contributed by atoms with Crippen LogP contribution in [0.25, 0.3) is 10.9 Å². The third-order valence-corrected chi connectivity index (χ3v) is 4.78. The van der Waals surface area contributed by atoms with Crippen LogP contribution in [-0.4, -0.2) is 30.6 Å². The zero-order valence-electron chi connectivity index (χ0n) is 15.5. The second-order valence-electron chi connectivity index (χ2n) is 6.79. The number of H-pyrrole nitrogens is 1. The number of pyridine rings is 1. The Kier molecular flexibility index (Phi) is 5.28. The van der Waals surface area contributed by atoms with Crippen molar-refractivity contribution in [1.82, 2.24) is 10.3 Å². The molecule has 1 amide bonds. The van der Waals surface area contributed by atoms with E-state index in [1.165, 1.54) is 5.56 Å². The molecule has 0 radical (unpaired) electrons. The van der Waals surface area contributed by atoms with E-state index in [9.17, 15) is 9.59 Å². The van der Waals surface area contributed by atoms with E-state index < -0.39 is 0 Å². The van der Waals surface area contributed by atoms with Gasteiger partial charge in [-0.2, -0.15) is 0 Å². The van der Waals surface area contributed by atoms with Crippen LogP contribution in [0.5, 0.6) is 11.5 Å². The van der Waals surface area contributed by atoms with Crippen molar-refractivity contribution in [3.63, 3.8) is 0 Å². The Balaban J connectivity index is 1.38. The summed E-state index contributed by atoms with van der Waals surface area (Å²) in [5.74, 6) is 1.26. The molecule has 144 valence electrons. The first-order valence-corrected chi connectivity index (χ1v) is 9.45. The molecule has 0 atom stereocenters. The molecular formula is C22H22N2O4. The van der Waals surface area contributed by atoms with E-state index in [1.54, 1.807) is 6.07 Å². The van der Waals surface area contributed by atoms with Crippen molar-refractivity contribution < 1.29 is 14.3 Å². The highest BCUT2D eigenvalue weighted by atomic mass is 16.6. The lowest BCUT2D eigenvalue weighted by Gasteiger charge is -2.18. The summed E-state index contributed by atoms with van der Waals surface area (Å²) in [5.41, 5.74) is 2.29. The highest BCUT2D eigenvalue weighted by molar-refractivity contribution is 5.83. The van der Waals surface area contributed by atoms with Crippen LogP contribution < -0.4 is 20.3 Å². The van der Waals surface area contributed by atoms with Gasteiger partial charge in [-0.15, -0.1) is 0 Å². The van der Waals surface area contributed by atoms with Crippen molar-refractivity contribution in [2.45, 2.75) is 19.3 Å². The molecule has 0 saturated heterocycles. The van der Waals surface area contributed by atoms with E-state index in [0.717, 1.165) is 11.8 Å². The number of hydrogen-bond donors (Lipinski definition) is 2. The summed E-state index contributed by atoms with van der Waals surface area (Å²) < 4.78 is 11.1. The summed E-state index contributed by atoms with van der Waals surface area (Å²) in [6.45, 7) is 1.60. The fourth-order valence-electron chi connectivity index (χ4n) is 3.30. The molecule has 0 unspecified atom stereocenters. The molecule has 3 aromatic rings. The number of ether oxygens (including phenoxy) is 2. The maximum atomic E-state index is 12.4. The van der Waals surface area contributed by atoms with Crippen LogP contribution in [0.1, 0.15) is 17.5 Å². The molecule has 0 aliphatic carbocycles. The summed E-state index contributed by atoms with van der Waals surface area (Å²) in [5, 5.41) is 3.78. The fourth-order valence-corrected chi connectivity index (χ4v) is 3.30. The lowest BCUT2D eigenvalue weighted by Crippen LogP contribution is -2.26. The number of hydrogen-bond acceptors (Lipinski definition) is 4. The average Bonchev–Trinajstić information content (AvgIpc) is 2.71. The van der Waals surface area contributed by atoms with E-state index in [-0.39, 0.29) is 17.9 Å². The summed E-state index contributed by atoms with van der Waals surface area (Å²) in [4.78, 5) is 27.3. The van der Waals surface area contributed by atoms with Gasteiger partial charge in [-0.05, 0) is 30.5 Å². The summed E-state index contributed by atoms with van der Waals surface area (Å²) in [6, 6.07) is 15.5. The summed E-state index contributed by atoms with van der Waals surface area (Å²) >= 11 is 0. The quantitative estimate of drug-likeness (QED) is 0.691. The minimum atomic E-state index is -0.179. The van der Waals surface area contributed by atoms with Gasteiger partial charge in [0.2, 0.25) is 5.91 Å². The van der Waals surface area contributed by atoms with Gasteiger partial charge in [0.1, 0.15) is 13.2 Å². The molecule has 6 heteroatoms. The number of carbonyl (C=O) groups is 1. The zero-order valence-corrected chi connectivity index (χ0v) is 15.5. The lowest BCUT2D eigenvalue weighted by atomic mass is 10.1. The van der Waals surface area contributed by atoms with E-state index >= 15 is 0 Å². The highest BCUT2D eigenvalue weighted by Crippen LogP contribution is 2.33. The molecular weight excluding hydrogens is 356 g/mol. The van der Waals surface area contributed by atoms with Crippen LogP contribution in [0.15, 0.2) is 53.3 Å². The molecule has 0 fully saturated rings. The van der Waals surface area contributed by atoms with Crippen molar-refractivity contribution in [2.75, 3.05) is 19.8 Å². The van der Waals surface area contributed by atoms with Gasteiger partial charge in [-0.25, -0.2) is 0 Å². The summed E-state index contributed by atoms with van der Waals surface area (Å²) in [7, 11) is 0. The van der Waals surface area contributed by atoms with Gasteiger partial charge in [-0.3, -0.25) is 9.59 Å². The number of rotatable bonds is 6. The molecule has 1 aromatic heterocycles. The molecule has 0 saturated carbocycles. The van der Waals surface area contributed by atoms with Crippen molar-refractivity contribution in [3.05, 3.63) is 70.0 Å². The molecule has 0 spiro atoms. The first-order valence-electron chi connectivity index (χ1n) is 9.45. The van der Waals surface area contributed by atoms with E-state index in [1.807, 2.05) is 42.5 Å². The molecule has 4 rings (SSSR count). The molecule has 2 heterocycles. The molecule has 28 heavy (non-hydrogen) atoms. The van der Waals surface area contributed by atoms with E-state index in [4.69, 9.17) is 9.47 Å². The number of aromatic amines is 1. The average molecular weight is 378 g/mol. The third-order valence-electron chi connectivity index (χ3n) is 4.78. The molecule has 6 nitrogen and oxygen atoms in total. The van der Waals surface area contributed by atoms with Gasteiger partial charge < -0.3 is 19.8 Å². The minimum absolute atomic E-state index is 0.0578. The number of carbonyl (C=O) groups excluding carboxylic acids is 1. The van der Waals surface area contributed by atoms with E-state index in [0.29, 0.717) is 48.8 Å². The van der Waals surface area contributed by atoms with Crippen LogP contribution in [-0.2, 0) is 17.6 Å². The Hall–Kier alpha value is -3.28. The van der Waals surface area contributed by atoms with Crippen molar-refractivity contribution in [1.29, 1.82) is 0 Å². The van der Waals surface area contributed by atoms with Crippen molar-refractivity contribution >= 4 is 16.8 Å². The minimum Gasteiger partial charge on any atom is -0.486 e. The molecule has 0 bridgehead atoms. The third kappa shape index (κ3) is 4.17. The predicted molar refractivity (Wildman–Crippen MR) is 107 cm³/mol. The van der Waals surface area contributed by atoms with Gasteiger partial charge in [-0.1, -0.05) is 30.3 Å². The standard InChI is InChI=1S/C22H22N2O4/c25-21(23-9-8-15-4-2-1-3-5-15)7-6-16-12-17-13-19-20(28-11-10-27-19)14-18(17)24-22(16)26/h1-5,12-14H,6-11H2,(H,23,25)(H,24,26). The Labute approximate surface area is 162 Å². The summed E-state index contributed by atoms with van der Waals surface area (Å²) in [6.07, 6.45) is 1.45. The van der Waals surface area contributed by atoms with Gasteiger partial charge >= 0.3 is 0 Å². The Morgan fingerprint density at radius 1 is 1.00 bits per heavy atom. The number of nitrogens with one attached hydrogen (secondary N) is 2. The van der Waals surface area contributed by atoms with Crippen LogP contribution in [0.3, 0.4) is 0 Å². The maximum absolute atomic E-state index is 12.4. The fraction of sp³-hybridized carbons (Fsp3) is 0.273. The molecule has 1 aliphatic rings. The molecule has 2 N–H and O–H groups in total. The Morgan fingerprint density at radius 2 is 1.75 bits per heavy atom. The van der Waals surface area contributed by atoms with Crippen LogP contribution >= 0.6 is 0 Å². The van der Waals surface area contributed by atoms with Gasteiger partial charge in [0.15, 0.2) is 11.5 Å². The van der Waals surface area contributed by atoms with Crippen LogP contribution in [0, 0.1) is 0 Å². The predicted octanol–water partition coefficient (Wildman–Crippen LogP) is 2.59. The SMILES string of the molecule is O=C(CCc1cc2cc3c(cc2[nH]c1=O)OCCO3)NCCc1ccccc1. The highest BCUT2D eigenvalue weighted by Gasteiger charge is 2.14. The first-order chi connectivity index (χ1) is 13.7. The van der Waals surface area contributed by atoms with E-state index in [2.05, 4.69) is 10.3 Å². The topological polar surface area (TPSA) is 80.4 Å². The first kappa shape index (κ1) is 18.1. The smallest absolute Gasteiger partial charge is 0.251 e. The number of fused-ring (bicyclic) bond motifs is 2. The van der Waals surface area contributed by atoms with Crippen molar-refractivity contribution in [2.24, 2.45) is 0 Å². The second-order valence-corrected chi connectivity index (χ2v) is 6.79. The molecule has 1 aliphatic heterocycles. The second kappa shape index (κ2) is 8.17. The monoisotopic (exact) mass is 378 g/mol. The van der Waals surface area contributed by atoms with Gasteiger partial charge in [0.25, 0.3) is 5.56 Å². The zero-order chi connectivity index (χ0) is 19.3. The van der Waals surface area contributed by atoms with Gasteiger partial charge in [0.05, 0.1) is 5.52 Å². The molecule has 2 aromatic carbocycles. The Morgan fingerprint density at radius 3 is 2.54 bits per heavy atom. The lowest BCUT2D eigenvalue weighted by molar-refractivity contribution is -0.121. The van der Waals surface area contributed by atoms with Crippen molar-refractivity contribution in [3.8, 4) is 11.5 Å². The number of aryl methyl sites for hydroxylation is 1. The van der Waals surface area contributed by atoms with Gasteiger partial charge in [0, 0.05) is 30.0 Å². The Bertz CT molecular complexity index is 1040. The normalized spacial score (nSPS) is 12.7. The maximum Gasteiger partial charge on any atom is 0.251 e. The number of aromatic nitrogens is 1. The number of benzene rings is 2. The van der Waals surface area contributed by atoms with Crippen LogP contribution in [0.4, 0.5) is 0 Å². The van der Waals surface area contributed by atoms with Crippen LogP contribution in [0.2, 0.25) is 0 Å². The largest absolute Gasteiger partial charge is 0.486 e. The number of amides is 1.